The van der Waals surface area contributed by atoms with Crippen molar-refractivity contribution < 1.29 is 13.6 Å². The minimum Gasteiger partial charge on any atom is -0.398 e. The van der Waals surface area contributed by atoms with Crippen molar-refractivity contribution in [3.8, 4) is 0 Å². The van der Waals surface area contributed by atoms with E-state index in [1.807, 2.05) is 19.0 Å². The normalized spacial score (nSPS) is 12.4. The molecule has 0 unspecified atom stereocenters. The van der Waals surface area contributed by atoms with Crippen LogP contribution in [0.15, 0.2) is 0 Å². The van der Waals surface area contributed by atoms with Crippen molar-refractivity contribution in [2.24, 2.45) is 0 Å². The average molecular weight is 221 g/mol. The second kappa shape index (κ2) is 7.36. The van der Waals surface area contributed by atoms with E-state index in [1.165, 1.54) is 0 Å². The van der Waals surface area contributed by atoms with Gasteiger partial charge in [0.05, 0.1) is 13.3 Å². The van der Waals surface area contributed by atoms with Crippen LogP contribution in [-0.4, -0.2) is 55.1 Å². The Labute approximate surface area is 88.4 Å². The molecule has 0 fully saturated rings. The summed E-state index contributed by atoms with van der Waals surface area (Å²) < 4.78 is 16.4. The lowest BCUT2D eigenvalue weighted by Crippen LogP contribution is -2.40. The molecule has 0 aromatic heterocycles. The number of ether oxygens (including phenoxy) is 1. The zero-order chi connectivity index (χ0) is 11.0. The van der Waals surface area contributed by atoms with Gasteiger partial charge < -0.3 is 13.6 Å². The first kappa shape index (κ1) is 14.1. The van der Waals surface area contributed by atoms with E-state index >= 15 is 0 Å². The second-order valence-corrected chi connectivity index (χ2v) is 7.38. The summed E-state index contributed by atoms with van der Waals surface area (Å²) in [6, 6.07) is 1.86. The van der Waals surface area contributed by atoms with Gasteiger partial charge in [0.25, 0.3) is 0 Å². The van der Waals surface area contributed by atoms with E-state index in [0.29, 0.717) is 13.3 Å². The van der Waals surface area contributed by atoms with Gasteiger partial charge >= 0.3 is 8.56 Å². The van der Waals surface area contributed by atoms with E-state index in [1.54, 1.807) is 14.2 Å². The minimum absolute atomic E-state index is 0.654. The van der Waals surface area contributed by atoms with Crippen molar-refractivity contribution in [3.63, 3.8) is 0 Å². The summed E-state index contributed by atoms with van der Waals surface area (Å²) in [5, 5.41) is 0. The fourth-order valence-corrected chi connectivity index (χ4v) is 3.19. The van der Waals surface area contributed by atoms with Crippen LogP contribution < -0.4 is 0 Å². The number of nitrogens with zero attached hydrogens (tertiary/aromatic N) is 1. The zero-order valence-corrected chi connectivity index (χ0v) is 11.0. The van der Waals surface area contributed by atoms with Crippen LogP contribution in [0.2, 0.25) is 12.1 Å². The summed E-state index contributed by atoms with van der Waals surface area (Å²) in [4.78, 5) is 1.99. The van der Waals surface area contributed by atoms with Crippen molar-refractivity contribution in [3.05, 3.63) is 0 Å². The van der Waals surface area contributed by atoms with Crippen molar-refractivity contribution in [2.45, 2.75) is 19.0 Å². The molecule has 0 radical (unpaired) electrons. The van der Waals surface area contributed by atoms with E-state index in [9.17, 15) is 0 Å². The topological polar surface area (TPSA) is 30.9 Å². The molecule has 0 amide bonds. The van der Waals surface area contributed by atoms with E-state index in [0.717, 1.165) is 12.1 Å². The molecule has 0 atom stereocenters. The SMILES string of the molecule is CC[Si](CCOCN(C)C)(OC)OC. The van der Waals surface area contributed by atoms with Crippen LogP contribution in [0.1, 0.15) is 6.92 Å². The summed E-state index contributed by atoms with van der Waals surface area (Å²) in [6.07, 6.45) is 0. The molecule has 86 valence electrons. The summed E-state index contributed by atoms with van der Waals surface area (Å²) in [7, 11) is 5.49. The maximum Gasteiger partial charge on any atom is 0.339 e. The molecule has 4 nitrogen and oxygen atoms in total. The van der Waals surface area contributed by atoms with Crippen molar-refractivity contribution >= 4 is 8.56 Å². The maximum absolute atomic E-state index is 5.47. The molecule has 0 aliphatic carbocycles. The quantitative estimate of drug-likeness (QED) is 0.351. The highest BCUT2D eigenvalue weighted by Gasteiger charge is 2.32. The molecule has 5 heteroatoms. The Bertz CT molecular complexity index is 132. The van der Waals surface area contributed by atoms with Crippen molar-refractivity contribution in [2.75, 3.05) is 41.7 Å². The molecule has 0 bridgehead atoms. The van der Waals surface area contributed by atoms with Crippen molar-refractivity contribution in [1.29, 1.82) is 0 Å². The van der Waals surface area contributed by atoms with Gasteiger partial charge in [0.1, 0.15) is 0 Å². The van der Waals surface area contributed by atoms with Gasteiger partial charge in [-0.25, -0.2) is 0 Å². The maximum atomic E-state index is 5.47. The Kier molecular flexibility index (Phi) is 7.39. The molecule has 0 aromatic rings. The van der Waals surface area contributed by atoms with Crippen molar-refractivity contribution in [1.82, 2.24) is 4.90 Å². The van der Waals surface area contributed by atoms with Crippen LogP contribution >= 0.6 is 0 Å². The third kappa shape index (κ3) is 5.07. The Morgan fingerprint density at radius 3 is 2.07 bits per heavy atom. The zero-order valence-electron chi connectivity index (χ0n) is 10.0. The molecule has 0 aromatic carbocycles. The average Bonchev–Trinajstić information content (AvgIpc) is 2.19. The van der Waals surface area contributed by atoms with Gasteiger partial charge in [0.15, 0.2) is 0 Å². The fraction of sp³-hybridized carbons (Fsp3) is 1.00. The first-order chi connectivity index (χ1) is 6.60. The molecular formula is C9H23NO3Si. The van der Waals surface area contributed by atoms with E-state index in [-0.39, 0.29) is 0 Å². The van der Waals surface area contributed by atoms with Gasteiger partial charge in [-0.2, -0.15) is 0 Å². The predicted octanol–water partition coefficient (Wildman–Crippen LogP) is 1.28. The number of hydrogen-bond donors (Lipinski definition) is 0. The van der Waals surface area contributed by atoms with E-state index in [4.69, 9.17) is 13.6 Å². The van der Waals surface area contributed by atoms with Gasteiger partial charge in [0, 0.05) is 20.3 Å². The van der Waals surface area contributed by atoms with Gasteiger partial charge in [-0.05, 0) is 20.1 Å². The first-order valence-electron chi connectivity index (χ1n) is 4.93. The molecule has 0 N–H and O–H groups in total. The van der Waals surface area contributed by atoms with Gasteiger partial charge in [-0.3, -0.25) is 4.90 Å². The fourth-order valence-electron chi connectivity index (χ4n) is 1.23. The van der Waals surface area contributed by atoms with Crippen LogP contribution in [0.4, 0.5) is 0 Å². The first-order valence-corrected chi connectivity index (χ1v) is 7.16. The highest BCUT2D eigenvalue weighted by molar-refractivity contribution is 6.67. The van der Waals surface area contributed by atoms with E-state index < -0.39 is 8.56 Å². The second-order valence-electron chi connectivity index (χ2n) is 3.54. The third-order valence-electron chi connectivity index (χ3n) is 2.26. The van der Waals surface area contributed by atoms with Crippen LogP contribution in [0.3, 0.4) is 0 Å². The molecule has 14 heavy (non-hydrogen) atoms. The number of rotatable bonds is 8. The highest BCUT2D eigenvalue weighted by Crippen LogP contribution is 2.16. The Balaban J connectivity index is 3.71. The Hall–Kier alpha value is 0.0569. The highest BCUT2D eigenvalue weighted by atomic mass is 28.4. The molecule has 0 heterocycles. The summed E-state index contributed by atoms with van der Waals surface area (Å²) in [6.45, 7) is 3.46. The molecule has 0 saturated carbocycles. The summed E-state index contributed by atoms with van der Waals surface area (Å²) in [5.74, 6) is 0. The molecule has 0 spiro atoms. The Morgan fingerprint density at radius 1 is 1.14 bits per heavy atom. The Morgan fingerprint density at radius 2 is 1.71 bits per heavy atom. The van der Waals surface area contributed by atoms with E-state index in [2.05, 4.69) is 6.92 Å². The molecule has 0 saturated heterocycles. The molecule has 0 rings (SSSR count). The molecule has 0 aliphatic rings. The predicted molar refractivity (Wildman–Crippen MR) is 59.6 cm³/mol. The summed E-state index contributed by atoms with van der Waals surface area (Å²) >= 11 is 0. The molecule has 0 aliphatic heterocycles. The monoisotopic (exact) mass is 221 g/mol. The van der Waals surface area contributed by atoms with Gasteiger partial charge in [-0.1, -0.05) is 6.92 Å². The van der Waals surface area contributed by atoms with Gasteiger partial charge in [0.2, 0.25) is 0 Å². The van der Waals surface area contributed by atoms with Crippen LogP contribution in [-0.2, 0) is 13.6 Å². The summed E-state index contributed by atoms with van der Waals surface area (Å²) in [5.41, 5.74) is 0. The lowest BCUT2D eigenvalue weighted by Gasteiger charge is -2.26. The molecular weight excluding hydrogens is 198 g/mol. The van der Waals surface area contributed by atoms with Crippen LogP contribution in [0.5, 0.6) is 0 Å². The standard InChI is InChI=1S/C9H23NO3Si/c1-6-14(11-4,12-5)8-7-13-9-10(2)3/h6-9H2,1-5H3. The van der Waals surface area contributed by atoms with Crippen LogP contribution in [0, 0.1) is 0 Å². The largest absolute Gasteiger partial charge is 0.398 e. The lowest BCUT2D eigenvalue weighted by molar-refractivity contribution is 0.0601. The van der Waals surface area contributed by atoms with Crippen LogP contribution in [0.25, 0.3) is 0 Å². The number of hydrogen-bond acceptors (Lipinski definition) is 4. The van der Waals surface area contributed by atoms with Gasteiger partial charge in [-0.15, -0.1) is 0 Å². The lowest BCUT2D eigenvalue weighted by atomic mass is 10.8. The minimum atomic E-state index is -1.93. The third-order valence-corrected chi connectivity index (χ3v) is 5.79. The smallest absolute Gasteiger partial charge is 0.339 e.